The molecule has 28 heavy (non-hydrogen) atoms. The summed E-state index contributed by atoms with van der Waals surface area (Å²) in [5, 5.41) is 0. The first kappa shape index (κ1) is 20.6. The van der Waals surface area contributed by atoms with Gasteiger partial charge in [0.2, 0.25) is 10.0 Å². The number of sulfonamides is 1. The maximum Gasteiger partial charge on any atom is 0.265 e. The first-order valence-electron chi connectivity index (χ1n) is 9.52. The van der Waals surface area contributed by atoms with Crippen LogP contribution in [0.5, 0.6) is 0 Å². The quantitative estimate of drug-likeness (QED) is 0.764. The van der Waals surface area contributed by atoms with Gasteiger partial charge in [-0.05, 0) is 25.0 Å². The minimum atomic E-state index is -3.71. The number of carbonyl (C=O) groups is 1. The third kappa shape index (κ3) is 3.85. The average Bonchev–Trinajstić information content (AvgIpc) is 3.29. The number of carbonyl (C=O) groups excluding carboxylic acids is 1. The Labute approximate surface area is 166 Å². The summed E-state index contributed by atoms with van der Waals surface area (Å²) < 4.78 is 29.5. The minimum absolute atomic E-state index is 0.0987. The number of rotatable bonds is 7. The zero-order valence-electron chi connectivity index (χ0n) is 16.6. The molecule has 7 nitrogen and oxygen atoms in total. The largest absolute Gasteiger partial charge is 0.364 e. The fraction of sp³-hybridized carbons (Fsp3) is 0.450. The Morgan fingerprint density at radius 2 is 2.00 bits per heavy atom. The van der Waals surface area contributed by atoms with Crippen LogP contribution in [0.15, 0.2) is 47.5 Å². The van der Waals surface area contributed by atoms with Crippen LogP contribution in [0.25, 0.3) is 0 Å². The van der Waals surface area contributed by atoms with Gasteiger partial charge < -0.3 is 10.3 Å². The molecule has 152 valence electrons. The topological polar surface area (TPSA) is 88.6 Å². The van der Waals surface area contributed by atoms with Crippen LogP contribution in [0.4, 0.5) is 0 Å². The summed E-state index contributed by atoms with van der Waals surface area (Å²) in [5.41, 5.74) is 6.74. The average molecular weight is 405 g/mol. The summed E-state index contributed by atoms with van der Waals surface area (Å²) in [6.45, 7) is 5.89. The van der Waals surface area contributed by atoms with Gasteiger partial charge in [-0.15, -0.1) is 0 Å². The number of hydrogen-bond acceptors (Lipinski definition) is 4. The van der Waals surface area contributed by atoms with Crippen molar-refractivity contribution in [3.63, 3.8) is 0 Å². The molecule has 1 amide bonds. The summed E-state index contributed by atoms with van der Waals surface area (Å²) in [6.07, 6.45) is 2.23. The van der Waals surface area contributed by atoms with E-state index in [0.717, 1.165) is 13.0 Å². The van der Waals surface area contributed by atoms with E-state index in [1.54, 1.807) is 11.4 Å². The van der Waals surface area contributed by atoms with Crippen molar-refractivity contribution in [3.05, 3.63) is 53.9 Å². The molecule has 0 aliphatic carbocycles. The van der Waals surface area contributed by atoms with Crippen LogP contribution in [-0.2, 0) is 17.1 Å². The van der Waals surface area contributed by atoms with Crippen molar-refractivity contribution < 1.29 is 13.2 Å². The Kier molecular flexibility index (Phi) is 5.92. The molecule has 0 radical (unpaired) electrons. The molecule has 2 heterocycles. The highest BCUT2D eigenvalue weighted by atomic mass is 32.2. The first-order chi connectivity index (χ1) is 13.3. The van der Waals surface area contributed by atoms with Gasteiger partial charge in [-0.3, -0.25) is 9.69 Å². The zero-order valence-corrected chi connectivity index (χ0v) is 17.4. The van der Waals surface area contributed by atoms with Crippen molar-refractivity contribution in [3.8, 4) is 0 Å². The molecular formula is C20H28N4O3S. The van der Waals surface area contributed by atoms with Gasteiger partial charge in [-0.25, -0.2) is 8.42 Å². The van der Waals surface area contributed by atoms with Gasteiger partial charge in [0.15, 0.2) is 0 Å². The number of benzene rings is 1. The lowest BCUT2D eigenvalue weighted by Crippen LogP contribution is -2.42. The molecule has 0 spiro atoms. The normalized spacial score (nSPS) is 19.2. The number of aryl methyl sites for hydroxylation is 1. The number of aromatic nitrogens is 1. The van der Waals surface area contributed by atoms with Crippen molar-refractivity contribution in [2.75, 3.05) is 19.6 Å². The van der Waals surface area contributed by atoms with Crippen LogP contribution in [-0.4, -0.2) is 53.8 Å². The Balaban J connectivity index is 1.80. The number of likely N-dealkylation sites (tertiary alicyclic amines) is 1. The Morgan fingerprint density at radius 1 is 1.32 bits per heavy atom. The van der Waals surface area contributed by atoms with Crippen molar-refractivity contribution in [1.82, 2.24) is 13.8 Å². The second kappa shape index (κ2) is 8.06. The molecule has 8 heteroatoms. The van der Waals surface area contributed by atoms with Gasteiger partial charge in [-0.2, -0.15) is 4.31 Å². The summed E-state index contributed by atoms with van der Waals surface area (Å²) >= 11 is 0. The fourth-order valence-corrected chi connectivity index (χ4v) is 5.70. The van der Waals surface area contributed by atoms with E-state index in [9.17, 15) is 13.2 Å². The van der Waals surface area contributed by atoms with Crippen molar-refractivity contribution >= 4 is 15.9 Å². The van der Waals surface area contributed by atoms with E-state index in [2.05, 4.69) is 24.0 Å². The maximum atomic E-state index is 13.2. The molecule has 1 saturated heterocycles. The lowest BCUT2D eigenvalue weighted by atomic mass is 10.1. The third-order valence-electron chi connectivity index (χ3n) is 5.58. The zero-order chi connectivity index (χ0) is 20.5. The number of nitrogens with zero attached hydrogens (tertiary/aromatic N) is 3. The van der Waals surface area contributed by atoms with Crippen LogP contribution in [0, 0.1) is 0 Å². The van der Waals surface area contributed by atoms with Gasteiger partial charge in [0.05, 0.1) is 0 Å². The molecule has 2 aromatic rings. The first-order valence-corrected chi connectivity index (χ1v) is 11.0. The predicted octanol–water partition coefficient (Wildman–Crippen LogP) is 1.97. The number of amides is 1. The molecule has 1 aromatic carbocycles. The summed E-state index contributed by atoms with van der Waals surface area (Å²) in [7, 11) is -2.09. The van der Waals surface area contributed by atoms with Crippen LogP contribution in [0.2, 0.25) is 0 Å². The number of primary amides is 1. The molecule has 2 unspecified atom stereocenters. The molecule has 2 N–H and O–H groups in total. The molecule has 1 fully saturated rings. The van der Waals surface area contributed by atoms with E-state index in [4.69, 9.17) is 5.73 Å². The van der Waals surface area contributed by atoms with Gasteiger partial charge in [0, 0.05) is 45.0 Å². The highest BCUT2D eigenvalue weighted by molar-refractivity contribution is 7.89. The van der Waals surface area contributed by atoms with Crippen LogP contribution >= 0.6 is 0 Å². The van der Waals surface area contributed by atoms with Gasteiger partial charge >= 0.3 is 0 Å². The van der Waals surface area contributed by atoms with E-state index in [1.807, 2.05) is 25.1 Å². The smallest absolute Gasteiger partial charge is 0.265 e. The monoisotopic (exact) mass is 404 g/mol. The van der Waals surface area contributed by atoms with Crippen LogP contribution in [0.3, 0.4) is 0 Å². The Morgan fingerprint density at radius 3 is 2.57 bits per heavy atom. The molecular weight excluding hydrogens is 376 g/mol. The molecule has 2 atom stereocenters. The molecule has 1 aromatic heterocycles. The highest BCUT2D eigenvalue weighted by Crippen LogP contribution is 2.29. The predicted molar refractivity (Wildman–Crippen MR) is 108 cm³/mol. The van der Waals surface area contributed by atoms with E-state index in [1.165, 1.54) is 22.4 Å². The highest BCUT2D eigenvalue weighted by Gasteiger charge is 2.37. The van der Waals surface area contributed by atoms with Gasteiger partial charge in [-0.1, -0.05) is 37.3 Å². The second-order valence-electron chi connectivity index (χ2n) is 7.27. The summed E-state index contributed by atoms with van der Waals surface area (Å²) in [4.78, 5) is 13.9. The second-order valence-corrected chi connectivity index (χ2v) is 9.16. The number of hydrogen-bond donors (Lipinski definition) is 1. The Bertz CT molecular complexity index is 940. The van der Waals surface area contributed by atoms with Crippen LogP contribution < -0.4 is 5.73 Å². The minimum Gasteiger partial charge on any atom is -0.364 e. The molecule has 0 saturated carbocycles. The van der Waals surface area contributed by atoms with E-state index in [-0.39, 0.29) is 22.7 Å². The summed E-state index contributed by atoms with van der Waals surface area (Å²) in [6, 6.07) is 11.7. The van der Waals surface area contributed by atoms with E-state index < -0.39 is 15.9 Å². The lowest BCUT2D eigenvalue weighted by molar-refractivity contribution is 0.0992. The third-order valence-corrected chi connectivity index (χ3v) is 7.58. The molecule has 0 bridgehead atoms. The van der Waals surface area contributed by atoms with Gasteiger partial charge in [0.25, 0.3) is 5.91 Å². The van der Waals surface area contributed by atoms with E-state index >= 15 is 0 Å². The van der Waals surface area contributed by atoms with Crippen molar-refractivity contribution in [2.24, 2.45) is 12.8 Å². The van der Waals surface area contributed by atoms with E-state index in [0.29, 0.717) is 13.1 Å². The molecule has 3 rings (SSSR count). The summed E-state index contributed by atoms with van der Waals surface area (Å²) in [5.74, 6) is -0.643. The number of nitrogens with two attached hydrogens (primary N) is 1. The van der Waals surface area contributed by atoms with Crippen LogP contribution in [0.1, 0.15) is 42.4 Å². The van der Waals surface area contributed by atoms with Gasteiger partial charge in [0.1, 0.15) is 10.6 Å². The Hall–Kier alpha value is -2.16. The lowest BCUT2D eigenvalue weighted by Gasteiger charge is -2.29. The SMILES string of the molecule is CCN(C1CCN(C(C)c2ccccc2)C1)S(=O)(=O)c1cc(C(N)=O)n(C)c1. The van der Waals surface area contributed by atoms with Crippen molar-refractivity contribution in [1.29, 1.82) is 0 Å². The number of likely N-dealkylation sites (N-methyl/N-ethyl adjacent to an activating group) is 1. The molecule has 1 aliphatic heterocycles. The maximum absolute atomic E-state index is 13.2. The molecule has 1 aliphatic rings. The van der Waals surface area contributed by atoms with Crippen molar-refractivity contribution in [2.45, 2.75) is 37.2 Å². The standard InChI is InChI=1S/C20H28N4O3S/c1-4-24(28(26,27)18-12-19(20(21)25)22(3)14-18)17-10-11-23(13-17)15(2)16-8-6-5-7-9-16/h5-9,12,14-15,17H,4,10-11,13H2,1-3H3,(H2,21,25). The fourth-order valence-electron chi connectivity index (χ4n) is 3.98.